The van der Waals surface area contributed by atoms with Crippen LogP contribution < -0.4 is 4.74 Å². The molecule has 0 fully saturated rings. The molecule has 0 amide bonds. The van der Waals surface area contributed by atoms with Gasteiger partial charge in [-0.05, 0) is 44.0 Å². The van der Waals surface area contributed by atoms with E-state index in [9.17, 15) is 0 Å². The molecule has 12 heavy (non-hydrogen) atoms. The molecule has 0 aromatic heterocycles. The fraction of sp³-hybridized carbons (Fsp3) is 0.273. The van der Waals surface area contributed by atoms with Gasteiger partial charge in [-0.15, -0.1) is 0 Å². The van der Waals surface area contributed by atoms with Crippen LogP contribution >= 0.6 is 0 Å². The first-order valence-corrected chi connectivity index (χ1v) is 4.08. The second-order valence-electron chi connectivity index (χ2n) is 2.91. The van der Waals surface area contributed by atoms with Gasteiger partial charge in [-0.3, -0.25) is 0 Å². The van der Waals surface area contributed by atoms with Gasteiger partial charge in [0.15, 0.2) is 0 Å². The molecule has 0 atom stereocenters. The van der Waals surface area contributed by atoms with Crippen molar-refractivity contribution in [2.75, 3.05) is 0 Å². The number of allylic oxidation sites excluding steroid dienone is 1. The van der Waals surface area contributed by atoms with E-state index in [2.05, 4.69) is 19.9 Å². The lowest BCUT2D eigenvalue weighted by atomic mass is 10.1. The van der Waals surface area contributed by atoms with Crippen molar-refractivity contribution in [3.05, 3.63) is 41.7 Å². The van der Waals surface area contributed by atoms with Crippen LogP contribution in [0.1, 0.15) is 18.1 Å². The van der Waals surface area contributed by atoms with Crippen LogP contribution in [-0.2, 0) is 0 Å². The van der Waals surface area contributed by atoms with Gasteiger partial charge in [0, 0.05) is 0 Å². The second kappa shape index (κ2) is 3.96. The molecular formula is C11H14O. The molecule has 1 rings (SSSR count). The highest BCUT2D eigenvalue weighted by molar-refractivity contribution is 5.33. The highest BCUT2D eigenvalue weighted by atomic mass is 16.5. The fourth-order valence-corrected chi connectivity index (χ4v) is 1.15. The lowest BCUT2D eigenvalue weighted by molar-refractivity contribution is 0.479. The maximum absolute atomic E-state index is 5.34. The molecule has 0 N–H and O–H groups in total. The van der Waals surface area contributed by atoms with E-state index in [1.165, 1.54) is 11.1 Å². The summed E-state index contributed by atoms with van der Waals surface area (Å²) in [5.41, 5.74) is 2.46. The van der Waals surface area contributed by atoms with Gasteiger partial charge in [0.2, 0.25) is 0 Å². The molecule has 64 valence electrons. The fourth-order valence-electron chi connectivity index (χ4n) is 1.15. The standard InChI is InChI=1S/C11H14O/c1-4-5-12-11-7-9(2)6-10(3)8-11/h4-8H,1-3H3. The summed E-state index contributed by atoms with van der Waals surface area (Å²) in [6.07, 6.45) is 3.56. The summed E-state index contributed by atoms with van der Waals surface area (Å²) in [6, 6.07) is 6.17. The number of hydrogen-bond donors (Lipinski definition) is 0. The maximum atomic E-state index is 5.34. The van der Waals surface area contributed by atoms with Crippen LogP contribution in [0.25, 0.3) is 0 Å². The van der Waals surface area contributed by atoms with E-state index < -0.39 is 0 Å². The van der Waals surface area contributed by atoms with Crippen LogP contribution in [0.3, 0.4) is 0 Å². The second-order valence-corrected chi connectivity index (χ2v) is 2.91. The van der Waals surface area contributed by atoms with E-state index in [1.807, 2.05) is 25.1 Å². The molecular weight excluding hydrogens is 148 g/mol. The van der Waals surface area contributed by atoms with Gasteiger partial charge in [0.1, 0.15) is 5.75 Å². The first kappa shape index (κ1) is 8.85. The zero-order valence-electron chi connectivity index (χ0n) is 7.79. The largest absolute Gasteiger partial charge is 0.465 e. The summed E-state index contributed by atoms with van der Waals surface area (Å²) in [7, 11) is 0. The Hall–Kier alpha value is -1.24. The minimum Gasteiger partial charge on any atom is -0.465 e. The third-order valence-electron chi connectivity index (χ3n) is 1.54. The number of aryl methyl sites for hydroxylation is 2. The van der Waals surface area contributed by atoms with Gasteiger partial charge < -0.3 is 4.74 Å². The Morgan fingerprint density at radius 1 is 1.08 bits per heavy atom. The Bertz CT molecular complexity index is 267. The zero-order valence-corrected chi connectivity index (χ0v) is 7.79. The molecule has 0 radical (unpaired) electrons. The third-order valence-corrected chi connectivity index (χ3v) is 1.54. The van der Waals surface area contributed by atoms with Crippen LogP contribution in [-0.4, -0.2) is 0 Å². The SMILES string of the molecule is CC=COc1cc(C)cc(C)c1. The monoisotopic (exact) mass is 162 g/mol. The summed E-state index contributed by atoms with van der Waals surface area (Å²) in [4.78, 5) is 0. The third kappa shape index (κ3) is 2.42. The minimum atomic E-state index is 0.908. The van der Waals surface area contributed by atoms with E-state index in [0.29, 0.717) is 0 Å². The Kier molecular flexibility index (Phi) is 2.92. The zero-order chi connectivity index (χ0) is 8.97. The van der Waals surface area contributed by atoms with E-state index in [-0.39, 0.29) is 0 Å². The lowest BCUT2D eigenvalue weighted by Crippen LogP contribution is -1.84. The van der Waals surface area contributed by atoms with Crippen LogP contribution in [0.5, 0.6) is 5.75 Å². The molecule has 0 saturated carbocycles. The summed E-state index contributed by atoms with van der Waals surface area (Å²) in [5.74, 6) is 0.908. The Morgan fingerprint density at radius 2 is 1.67 bits per heavy atom. The van der Waals surface area contributed by atoms with E-state index in [1.54, 1.807) is 6.26 Å². The number of hydrogen-bond acceptors (Lipinski definition) is 1. The van der Waals surface area contributed by atoms with Gasteiger partial charge in [-0.2, -0.15) is 0 Å². The first-order chi connectivity index (χ1) is 5.72. The molecule has 0 aliphatic rings. The molecule has 0 unspecified atom stereocenters. The van der Waals surface area contributed by atoms with Crippen LogP contribution in [0.15, 0.2) is 30.5 Å². The Morgan fingerprint density at radius 3 is 2.17 bits per heavy atom. The number of ether oxygens (including phenoxy) is 1. The van der Waals surface area contributed by atoms with Crippen LogP contribution in [0.4, 0.5) is 0 Å². The van der Waals surface area contributed by atoms with Crippen LogP contribution in [0, 0.1) is 13.8 Å². The molecule has 0 aliphatic carbocycles. The van der Waals surface area contributed by atoms with Crippen molar-refractivity contribution < 1.29 is 4.74 Å². The predicted molar refractivity (Wildman–Crippen MR) is 51.4 cm³/mol. The van der Waals surface area contributed by atoms with E-state index >= 15 is 0 Å². The molecule has 1 heteroatoms. The highest BCUT2D eigenvalue weighted by Crippen LogP contribution is 2.16. The molecule has 1 aromatic carbocycles. The van der Waals surface area contributed by atoms with Gasteiger partial charge in [0.25, 0.3) is 0 Å². The highest BCUT2D eigenvalue weighted by Gasteiger charge is 1.93. The predicted octanol–water partition coefficient (Wildman–Crippen LogP) is 3.22. The Balaban J connectivity index is 2.85. The quantitative estimate of drug-likeness (QED) is 0.607. The molecule has 1 nitrogen and oxygen atoms in total. The van der Waals surface area contributed by atoms with Crippen molar-refractivity contribution in [1.29, 1.82) is 0 Å². The average Bonchev–Trinajstić information content (AvgIpc) is 1.99. The number of benzene rings is 1. The summed E-state index contributed by atoms with van der Waals surface area (Å²) < 4.78 is 5.34. The van der Waals surface area contributed by atoms with Crippen molar-refractivity contribution >= 4 is 0 Å². The van der Waals surface area contributed by atoms with Gasteiger partial charge in [-0.1, -0.05) is 12.1 Å². The molecule has 1 aromatic rings. The summed E-state index contributed by atoms with van der Waals surface area (Å²) >= 11 is 0. The molecule has 0 spiro atoms. The van der Waals surface area contributed by atoms with Gasteiger partial charge in [-0.25, -0.2) is 0 Å². The maximum Gasteiger partial charge on any atom is 0.127 e. The van der Waals surface area contributed by atoms with Crippen molar-refractivity contribution in [2.24, 2.45) is 0 Å². The average molecular weight is 162 g/mol. The molecule has 0 aliphatic heterocycles. The van der Waals surface area contributed by atoms with Crippen LogP contribution in [0.2, 0.25) is 0 Å². The van der Waals surface area contributed by atoms with Crippen molar-refractivity contribution in [3.63, 3.8) is 0 Å². The summed E-state index contributed by atoms with van der Waals surface area (Å²) in [6.45, 7) is 6.06. The number of rotatable bonds is 2. The van der Waals surface area contributed by atoms with E-state index in [0.717, 1.165) is 5.75 Å². The van der Waals surface area contributed by atoms with Crippen molar-refractivity contribution in [2.45, 2.75) is 20.8 Å². The smallest absolute Gasteiger partial charge is 0.127 e. The van der Waals surface area contributed by atoms with Crippen molar-refractivity contribution in [3.8, 4) is 5.75 Å². The molecule has 0 saturated heterocycles. The summed E-state index contributed by atoms with van der Waals surface area (Å²) in [5, 5.41) is 0. The normalized spacial score (nSPS) is 10.6. The Labute approximate surface area is 73.7 Å². The van der Waals surface area contributed by atoms with E-state index in [4.69, 9.17) is 4.74 Å². The molecule has 0 heterocycles. The molecule has 0 bridgehead atoms. The first-order valence-electron chi connectivity index (χ1n) is 4.08. The lowest BCUT2D eigenvalue weighted by Gasteiger charge is -2.02. The minimum absolute atomic E-state index is 0.908. The van der Waals surface area contributed by atoms with Gasteiger partial charge >= 0.3 is 0 Å². The van der Waals surface area contributed by atoms with Gasteiger partial charge in [0.05, 0.1) is 6.26 Å². The topological polar surface area (TPSA) is 9.23 Å². The van der Waals surface area contributed by atoms with Crippen molar-refractivity contribution in [1.82, 2.24) is 0 Å².